The molecule has 0 aliphatic rings. The lowest BCUT2D eigenvalue weighted by Crippen LogP contribution is -2.33. The molecule has 0 aliphatic carbocycles. The van der Waals surface area contributed by atoms with Crippen molar-refractivity contribution >= 4 is 33.3 Å². The van der Waals surface area contributed by atoms with Crippen LogP contribution in [0.5, 0.6) is 0 Å². The van der Waals surface area contributed by atoms with E-state index in [-0.39, 0.29) is 17.7 Å². The van der Waals surface area contributed by atoms with Crippen molar-refractivity contribution in [1.29, 1.82) is 0 Å². The van der Waals surface area contributed by atoms with Gasteiger partial charge in [-0.1, -0.05) is 57.2 Å². The first-order chi connectivity index (χ1) is 15.1. The molecule has 0 bridgehead atoms. The molecule has 7 nitrogen and oxygen atoms in total. The SMILES string of the molecule is Cn1c(=O)[nH]c2cccc(CC(=O)Nc3nc(-c4ccc(C(C)(C)C)cc4)cs3)c2c1=O. The maximum atomic E-state index is 12.7. The van der Waals surface area contributed by atoms with E-state index >= 15 is 0 Å². The zero-order valence-electron chi connectivity index (χ0n) is 18.4. The van der Waals surface area contributed by atoms with Crippen LogP contribution in [0.25, 0.3) is 22.2 Å². The maximum Gasteiger partial charge on any atom is 0.328 e. The van der Waals surface area contributed by atoms with E-state index in [2.05, 4.69) is 48.2 Å². The van der Waals surface area contributed by atoms with E-state index < -0.39 is 11.2 Å². The highest BCUT2D eigenvalue weighted by atomic mass is 32.1. The van der Waals surface area contributed by atoms with Crippen molar-refractivity contribution in [2.75, 3.05) is 5.32 Å². The lowest BCUT2D eigenvalue weighted by molar-refractivity contribution is -0.115. The average molecular weight is 449 g/mol. The van der Waals surface area contributed by atoms with Gasteiger partial charge in [-0.15, -0.1) is 11.3 Å². The normalized spacial score (nSPS) is 11.6. The number of benzene rings is 2. The molecule has 8 heteroatoms. The molecule has 2 heterocycles. The van der Waals surface area contributed by atoms with Crippen molar-refractivity contribution in [3.05, 3.63) is 79.8 Å². The molecule has 2 N–H and O–H groups in total. The van der Waals surface area contributed by atoms with Crippen molar-refractivity contribution in [2.24, 2.45) is 7.05 Å². The first kappa shape index (κ1) is 21.7. The molecule has 0 saturated carbocycles. The lowest BCUT2D eigenvalue weighted by Gasteiger charge is -2.18. The van der Waals surface area contributed by atoms with Gasteiger partial charge in [-0.05, 0) is 22.6 Å². The molecule has 2 aromatic heterocycles. The molecular weight excluding hydrogens is 424 g/mol. The van der Waals surface area contributed by atoms with Crippen LogP contribution < -0.4 is 16.6 Å². The maximum absolute atomic E-state index is 12.7. The quantitative estimate of drug-likeness (QED) is 0.496. The van der Waals surface area contributed by atoms with Gasteiger partial charge in [0.05, 0.1) is 23.0 Å². The fraction of sp³-hybridized carbons (Fsp3) is 0.250. The number of aromatic nitrogens is 3. The Morgan fingerprint density at radius 2 is 1.84 bits per heavy atom. The standard InChI is InChI=1S/C24H24N4O3S/c1-24(2,3)16-10-8-14(9-11-16)18-13-32-22(25-18)27-19(29)12-15-6-5-7-17-20(15)21(30)28(4)23(31)26-17/h5-11,13H,12H2,1-4H3,(H,26,31)(H,25,27,29). The molecule has 0 aliphatic heterocycles. The molecule has 0 atom stereocenters. The van der Waals surface area contributed by atoms with Crippen LogP contribution >= 0.6 is 11.3 Å². The highest BCUT2D eigenvalue weighted by molar-refractivity contribution is 7.14. The van der Waals surface area contributed by atoms with E-state index in [1.807, 2.05) is 17.5 Å². The number of fused-ring (bicyclic) bond motifs is 1. The Labute approximate surface area is 188 Å². The predicted molar refractivity (Wildman–Crippen MR) is 128 cm³/mol. The zero-order chi connectivity index (χ0) is 23.0. The van der Waals surface area contributed by atoms with Gasteiger partial charge in [-0.2, -0.15) is 0 Å². The fourth-order valence-electron chi connectivity index (χ4n) is 3.50. The minimum absolute atomic E-state index is 0.00613. The molecule has 164 valence electrons. The number of nitrogens with one attached hydrogen (secondary N) is 2. The summed E-state index contributed by atoms with van der Waals surface area (Å²) >= 11 is 1.35. The van der Waals surface area contributed by atoms with Crippen LogP contribution in [0.15, 0.2) is 57.4 Å². The fourth-order valence-corrected chi connectivity index (χ4v) is 4.24. The van der Waals surface area contributed by atoms with Gasteiger partial charge >= 0.3 is 5.69 Å². The summed E-state index contributed by atoms with van der Waals surface area (Å²) in [6.45, 7) is 6.51. The Kier molecular flexibility index (Phi) is 5.56. The summed E-state index contributed by atoms with van der Waals surface area (Å²) in [5.41, 5.74) is 3.14. The van der Waals surface area contributed by atoms with Gasteiger partial charge in [0.15, 0.2) is 5.13 Å². The van der Waals surface area contributed by atoms with Crippen molar-refractivity contribution in [3.63, 3.8) is 0 Å². The summed E-state index contributed by atoms with van der Waals surface area (Å²) in [5, 5.41) is 5.55. The molecule has 2 aromatic carbocycles. The van der Waals surface area contributed by atoms with Gasteiger partial charge in [0.1, 0.15) is 0 Å². The third kappa shape index (κ3) is 4.27. The Morgan fingerprint density at radius 1 is 1.12 bits per heavy atom. The van der Waals surface area contributed by atoms with Gasteiger partial charge in [0.2, 0.25) is 5.91 Å². The number of nitrogens with zero attached hydrogens (tertiary/aromatic N) is 2. The number of rotatable bonds is 4. The number of thiazole rings is 1. The van der Waals surface area contributed by atoms with E-state index in [9.17, 15) is 14.4 Å². The van der Waals surface area contributed by atoms with Crippen molar-refractivity contribution in [2.45, 2.75) is 32.6 Å². The molecule has 1 amide bonds. The van der Waals surface area contributed by atoms with Crippen molar-refractivity contribution in [1.82, 2.24) is 14.5 Å². The van der Waals surface area contributed by atoms with Crippen LogP contribution in [0.2, 0.25) is 0 Å². The molecule has 4 aromatic rings. The third-order valence-electron chi connectivity index (χ3n) is 5.36. The van der Waals surface area contributed by atoms with Gasteiger partial charge < -0.3 is 10.3 Å². The van der Waals surface area contributed by atoms with Gasteiger partial charge in [-0.3, -0.25) is 14.2 Å². The predicted octanol–water partition coefficient (Wildman–Crippen LogP) is 3.83. The van der Waals surface area contributed by atoms with E-state index in [0.29, 0.717) is 21.6 Å². The van der Waals surface area contributed by atoms with E-state index in [1.54, 1.807) is 18.2 Å². The van der Waals surface area contributed by atoms with Crippen molar-refractivity contribution in [3.8, 4) is 11.3 Å². The van der Waals surface area contributed by atoms with E-state index in [1.165, 1.54) is 23.9 Å². The molecule has 0 unspecified atom stereocenters. The lowest BCUT2D eigenvalue weighted by atomic mass is 9.86. The Hall–Kier alpha value is -3.52. The van der Waals surface area contributed by atoms with Crippen LogP contribution in [-0.4, -0.2) is 20.4 Å². The minimum atomic E-state index is -0.491. The van der Waals surface area contributed by atoms with Gasteiger partial charge in [0.25, 0.3) is 5.56 Å². The second-order valence-electron chi connectivity index (χ2n) is 8.72. The molecular formula is C24H24N4O3S. The van der Waals surface area contributed by atoms with Gasteiger partial charge in [0, 0.05) is 18.0 Å². The van der Waals surface area contributed by atoms with E-state index in [4.69, 9.17) is 0 Å². The molecule has 4 rings (SSSR count). The summed E-state index contributed by atoms with van der Waals surface area (Å²) < 4.78 is 1.00. The zero-order valence-corrected chi connectivity index (χ0v) is 19.2. The van der Waals surface area contributed by atoms with Crippen LogP contribution in [0.1, 0.15) is 31.9 Å². The van der Waals surface area contributed by atoms with Crippen LogP contribution in [-0.2, 0) is 23.7 Å². The van der Waals surface area contributed by atoms with Crippen molar-refractivity contribution < 1.29 is 4.79 Å². The monoisotopic (exact) mass is 448 g/mol. The number of aromatic amines is 1. The van der Waals surface area contributed by atoms with E-state index in [0.717, 1.165) is 15.8 Å². The third-order valence-corrected chi connectivity index (χ3v) is 6.12. The smallest absolute Gasteiger partial charge is 0.307 e. The Bertz CT molecular complexity index is 1420. The number of amides is 1. The summed E-state index contributed by atoms with van der Waals surface area (Å²) in [4.78, 5) is 44.3. The summed E-state index contributed by atoms with van der Waals surface area (Å²) in [6, 6.07) is 13.3. The molecule has 0 fully saturated rings. The number of carbonyl (C=O) groups is 1. The highest BCUT2D eigenvalue weighted by Crippen LogP contribution is 2.28. The first-order valence-corrected chi connectivity index (χ1v) is 11.1. The number of carbonyl (C=O) groups excluding carboxylic acids is 1. The van der Waals surface area contributed by atoms with Gasteiger partial charge in [-0.25, -0.2) is 9.78 Å². The topological polar surface area (TPSA) is 96.8 Å². The second kappa shape index (κ2) is 8.20. The first-order valence-electron chi connectivity index (χ1n) is 10.2. The molecule has 0 radical (unpaired) electrons. The number of hydrogen-bond acceptors (Lipinski definition) is 5. The number of hydrogen-bond donors (Lipinski definition) is 2. The number of anilines is 1. The number of H-pyrrole nitrogens is 1. The van der Waals surface area contributed by atoms with Crippen LogP contribution in [0.4, 0.5) is 5.13 Å². The summed E-state index contributed by atoms with van der Waals surface area (Å²) in [6.07, 6.45) is -0.00613. The molecule has 0 spiro atoms. The van der Waals surface area contributed by atoms with Crippen LogP contribution in [0, 0.1) is 0 Å². The Morgan fingerprint density at radius 3 is 2.53 bits per heavy atom. The second-order valence-corrected chi connectivity index (χ2v) is 9.58. The molecule has 0 saturated heterocycles. The Balaban J connectivity index is 1.53. The average Bonchev–Trinajstić information content (AvgIpc) is 3.20. The molecule has 32 heavy (non-hydrogen) atoms. The summed E-state index contributed by atoms with van der Waals surface area (Å²) in [7, 11) is 1.41. The van der Waals surface area contributed by atoms with Crippen LogP contribution in [0.3, 0.4) is 0 Å². The highest BCUT2D eigenvalue weighted by Gasteiger charge is 2.15. The minimum Gasteiger partial charge on any atom is -0.307 e. The summed E-state index contributed by atoms with van der Waals surface area (Å²) in [5.74, 6) is -0.283. The largest absolute Gasteiger partial charge is 0.328 e.